The molecule has 0 saturated carbocycles. The standard InChI is InChI=1S/C15H23N3/c1-5-9-18(11-10-17(3)4)15-13(2)7-6-8-14(15)12-16/h6-8H,5,9-11H2,1-4H3. The molecule has 0 bridgehead atoms. The van der Waals surface area contributed by atoms with E-state index < -0.39 is 0 Å². The van der Waals surface area contributed by atoms with Gasteiger partial charge in [0.05, 0.1) is 11.3 Å². The van der Waals surface area contributed by atoms with Crippen molar-refractivity contribution >= 4 is 5.69 Å². The summed E-state index contributed by atoms with van der Waals surface area (Å²) in [7, 11) is 4.15. The Kier molecular flexibility index (Phi) is 5.67. The zero-order chi connectivity index (χ0) is 13.5. The van der Waals surface area contributed by atoms with Crippen molar-refractivity contribution in [3.05, 3.63) is 29.3 Å². The first-order chi connectivity index (χ1) is 8.60. The van der Waals surface area contributed by atoms with Gasteiger partial charge in [-0.25, -0.2) is 0 Å². The Hall–Kier alpha value is -1.53. The number of anilines is 1. The number of aryl methyl sites for hydroxylation is 1. The maximum atomic E-state index is 9.25. The van der Waals surface area contributed by atoms with Crippen LogP contribution in [0.4, 0.5) is 5.69 Å². The normalized spacial score (nSPS) is 10.4. The Labute approximate surface area is 111 Å². The van der Waals surface area contributed by atoms with Crippen LogP contribution in [-0.2, 0) is 0 Å². The summed E-state index contributed by atoms with van der Waals surface area (Å²) in [6.07, 6.45) is 1.09. The lowest BCUT2D eigenvalue weighted by Crippen LogP contribution is -2.33. The fraction of sp³-hybridized carbons (Fsp3) is 0.533. The molecule has 0 aliphatic heterocycles. The van der Waals surface area contributed by atoms with Crippen molar-refractivity contribution in [1.29, 1.82) is 5.26 Å². The van der Waals surface area contributed by atoms with Gasteiger partial charge in [-0.15, -0.1) is 0 Å². The number of nitrogens with zero attached hydrogens (tertiary/aromatic N) is 3. The molecule has 0 N–H and O–H groups in total. The molecule has 0 atom stereocenters. The van der Waals surface area contributed by atoms with Crippen LogP contribution in [0, 0.1) is 18.3 Å². The molecule has 3 heteroatoms. The lowest BCUT2D eigenvalue weighted by molar-refractivity contribution is 0.413. The van der Waals surface area contributed by atoms with Gasteiger partial charge in [-0.3, -0.25) is 0 Å². The van der Waals surface area contributed by atoms with E-state index in [0.717, 1.165) is 37.3 Å². The molecule has 1 aromatic carbocycles. The SMILES string of the molecule is CCCN(CCN(C)C)c1c(C)cccc1C#N. The fourth-order valence-electron chi connectivity index (χ4n) is 2.09. The minimum absolute atomic E-state index is 0.780. The first kappa shape index (κ1) is 14.5. The molecule has 0 aliphatic carbocycles. The van der Waals surface area contributed by atoms with Crippen molar-refractivity contribution in [3.63, 3.8) is 0 Å². The van der Waals surface area contributed by atoms with Gasteiger partial charge in [-0.1, -0.05) is 19.1 Å². The molecule has 1 aromatic rings. The summed E-state index contributed by atoms with van der Waals surface area (Å²) in [5.41, 5.74) is 3.06. The maximum absolute atomic E-state index is 9.25. The number of para-hydroxylation sites is 1. The molecule has 1 rings (SSSR count). The lowest BCUT2D eigenvalue weighted by Gasteiger charge is -2.28. The van der Waals surface area contributed by atoms with E-state index in [-0.39, 0.29) is 0 Å². The van der Waals surface area contributed by atoms with Crippen LogP contribution in [0.15, 0.2) is 18.2 Å². The predicted molar refractivity (Wildman–Crippen MR) is 77.0 cm³/mol. The third-order valence-electron chi connectivity index (χ3n) is 2.99. The summed E-state index contributed by atoms with van der Waals surface area (Å²) in [4.78, 5) is 4.50. The number of hydrogen-bond acceptors (Lipinski definition) is 3. The molecule has 0 unspecified atom stereocenters. The van der Waals surface area contributed by atoms with Crippen molar-refractivity contribution in [1.82, 2.24) is 4.90 Å². The van der Waals surface area contributed by atoms with Crippen LogP contribution in [0.3, 0.4) is 0 Å². The van der Waals surface area contributed by atoms with E-state index in [2.05, 4.69) is 49.9 Å². The molecule has 98 valence electrons. The third kappa shape index (κ3) is 3.75. The van der Waals surface area contributed by atoms with E-state index in [9.17, 15) is 5.26 Å². The Morgan fingerprint density at radius 3 is 2.44 bits per heavy atom. The van der Waals surface area contributed by atoms with Gasteiger partial charge in [0, 0.05) is 19.6 Å². The van der Waals surface area contributed by atoms with E-state index in [1.54, 1.807) is 0 Å². The molecule has 0 amide bonds. The smallest absolute Gasteiger partial charge is 0.101 e. The van der Waals surface area contributed by atoms with Crippen molar-refractivity contribution in [2.75, 3.05) is 38.6 Å². The Bertz CT molecular complexity index is 418. The topological polar surface area (TPSA) is 30.3 Å². The molecule has 0 heterocycles. The van der Waals surface area contributed by atoms with E-state index >= 15 is 0 Å². The molecule has 0 fully saturated rings. The molecule has 0 spiro atoms. The van der Waals surface area contributed by atoms with Crippen LogP contribution in [0.5, 0.6) is 0 Å². The van der Waals surface area contributed by atoms with Gasteiger partial charge >= 0.3 is 0 Å². The summed E-state index contributed by atoms with van der Waals surface area (Å²) in [6, 6.07) is 8.24. The lowest BCUT2D eigenvalue weighted by atomic mass is 10.1. The Morgan fingerprint density at radius 2 is 1.89 bits per heavy atom. The van der Waals surface area contributed by atoms with E-state index in [1.807, 2.05) is 12.1 Å². The van der Waals surface area contributed by atoms with Gasteiger partial charge in [0.25, 0.3) is 0 Å². The molecule has 3 nitrogen and oxygen atoms in total. The van der Waals surface area contributed by atoms with Crippen molar-refractivity contribution < 1.29 is 0 Å². The number of rotatable bonds is 6. The van der Waals surface area contributed by atoms with E-state index in [1.165, 1.54) is 5.56 Å². The molecule has 0 radical (unpaired) electrons. The first-order valence-corrected chi connectivity index (χ1v) is 6.49. The van der Waals surface area contributed by atoms with Gasteiger partial charge < -0.3 is 9.80 Å². The van der Waals surface area contributed by atoms with E-state index in [4.69, 9.17) is 0 Å². The zero-order valence-electron chi connectivity index (χ0n) is 11.9. The van der Waals surface area contributed by atoms with Crippen LogP contribution >= 0.6 is 0 Å². The van der Waals surface area contributed by atoms with Crippen molar-refractivity contribution in [3.8, 4) is 6.07 Å². The molecule has 18 heavy (non-hydrogen) atoms. The monoisotopic (exact) mass is 245 g/mol. The Morgan fingerprint density at radius 1 is 1.17 bits per heavy atom. The average molecular weight is 245 g/mol. The van der Waals surface area contributed by atoms with Crippen LogP contribution in [0.2, 0.25) is 0 Å². The average Bonchev–Trinajstić information content (AvgIpc) is 2.34. The number of nitriles is 1. The molecule has 0 aliphatic rings. The van der Waals surface area contributed by atoms with Crippen molar-refractivity contribution in [2.24, 2.45) is 0 Å². The van der Waals surface area contributed by atoms with Gasteiger partial charge in [-0.2, -0.15) is 5.26 Å². The summed E-state index contributed by atoms with van der Waals surface area (Å²) >= 11 is 0. The highest BCUT2D eigenvalue weighted by molar-refractivity contribution is 5.64. The highest BCUT2D eigenvalue weighted by atomic mass is 15.2. The quantitative estimate of drug-likeness (QED) is 0.772. The molecule has 0 aromatic heterocycles. The number of likely N-dealkylation sites (N-methyl/N-ethyl adjacent to an activating group) is 1. The second-order valence-electron chi connectivity index (χ2n) is 4.87. The predicted octanol–water partition coefficient (Wildman–Crippen LogP) is 2.64. The van der Waals surface area contributed by atoms with Crippen LogP contribution in [0.25, 0.3) is 0 Å². The number of benzene rings is 1. The fourth-order valence-corrected chi connectivity index (χ4v) is 2.09. The summed E-state index contributed by atoms with van der Waals surface area (Å²) in [5.74, 6) is 0. The molecular formula is C15H23N3. The van der Waals surface area contributed by atoms with Crippen molar-refractivity contribution in [2.45, 2.75) is 20.3 Å². The van der Waals surface area contributed by atoms with Gasteiger partial charge in [0.2, 0.25) is 0 Å². The maximum Gasteiger partial charge on any atom is 0.101 e. The van der Waals surface area contributed by atoms with Gasteiger partial charge in [0.15, 0.2) is 0 Å². The largest absolute Gasteiger partial charge is 0.369 e. The van der Waals surface area contributed by atoms with Crippen LogP contribution in [-0.4, -0.2) is 38.6 Å². The highest BCUT2D eigenvalue weighted by Crippen LogP contribution is 2.24. The second-order valence-corrected chi connectivity index (χ2v) is 4.87. The summed E-state index contributed by atoms with van der Waals surface area (Å²) < 4.78 is 0. The molecular weight excluding hydrogens is 222 g/mol. The first-order valence-electron chi connectivity index (χ1n) is 6.49. The number of hydrogen-bond donors (Lipinski definition) is 0. The molecule has 0 saturated heterocycles. The minimum atomic E-state index is 0.780. The second kappa shape index (κ2) is 7.03. The van der Waals surface area contributed by atoms with Crippen LogP contribution < -0.4 is 4.90 Å². The summed E-state index contributed by atoms with van der Waals surface area (Å²) in [5, 5.41) is 9.25. The highest BCUT2D eigenvalue weighted by Gasteiger charge is 2.13. The Balaban J connectivity index is 3.01. The summed E-state index contributed by atoms with van der Waals surface area (Å²) in [6.45, 7) is 7.20. The third-order valence-corrected chi connectivity index (χ3v) is 2.99. The zero-order valence-corrected chi connectivity index (χ0v) is 11.9. The minimum Gasteiger partial charge on any atom is -0.369 e. The van der Waals surface area contributed by atoms with Crippen LogP contribution in [0.1, 0.15) is 24.5 Å². The van der Waals surface area contributed by atoms with E-state index in [0.29, 0.717) is 0 Å². The van der Waals surface area contributed by atoms with Gasteiger partial charge in [-0.05, 0) is 39.1 Å². The van der Waals surface area contributed by atoms with Gasteiger partial charge in [0.1, 0.15) is 6.07 Å².